The third-order valence-corrected chi connectivity index (χ3v) is 4.45. The zero-order valence-corrected chi connectivity index (χ0v) is 10.6. The molecular formula is C15H17NO3. The molecule has 1 aromatic rings. The molecule has 0 saturated carbocycles. The lowest BCUT2D eigenvalue weighted by Gasteiger charge is -2.45. The van der Waals surface area contributed by atoms with Gasteiger partial charge in [-0.3, -0.25) is 5.32 Å². The van der Waals surface area contributed by atoms with Gasteiger partial charge in [0.05, 0.1) is 25.0 Å². The molecule has 0 amide bonds. The van der Waals surface area contributed by atoms with E-state index in [1.54, 1.807) is 0 Å². The van der Waals surface area contributed by atoms with Crippen LogP contribution < -0.4 is 10.1 Å². The summed E-state index contributed by atoms with van der Waals surface area (Å²) in [5, 5.41) is 13.5. The number of rotatable bonds is 0. The number of aliphatic hydroxyl groups excluding tert-OH is 1. The molecule has 1 saturated heterocycles. The Morgan fingerprint density at radius 1 is 1.32 bits per heavy atom. The van der Waals surface area contributed by atoms with Gasteiger partial charge in [0.1, 0.15) is 11.5 Å². The fourth-order valence-corrected chi connectivity index (χ4v) is 3.51. The van der Waals surface area contributed by atoms with E-state index >= 15 is 0 Å². The Bertz CT molecular complexity index is 534. The number of hydrogen-bond donors (Lipinski definition) is 2. The van der Waals surface area contributed by atoms with Gasteiger partial charge in [-0.1, -0.05) is 18.2 Å². The van der Waals surface area contributed by atoms with Crippen LogP contribution in [0.25, 0.3) is 0 Å². The van der Waals surface area contributed by atoms with Crippen LogP contribution in [0.5, 0.6) is 5.75 Å². The van der Waals surface area contributed by atoms with Gasteiger partial charge in [0.15, 0.2) is 0 Å². The molecule has 2 aliphatic heterocycles. The summed E-state index contributed by atoms with van der Waals surface area (Å²) in [6, 6.07) is 8.10. The smallest absolute Gasteiger partial charge is 0.132 e. The first-order valence-electron chi connectivity index (χ1n) is 6.78. The van der Waals surface area contributed by atoms with E-state index in [2.05, 4.69) is 11.4 Å². The Labute approximate surface area is 112 Å². The molecule has 1 fully saturated rings. The van der Waals surface area contributed by atoms with Crippen LogP contribution in [-0.2, 0) is 10.3 Å². The van der Waals surface area contributed by atoms with Crippen LogP contribution in [0.1, 0.15) is 18.4 Å². The highest BCUT2D eigenvalue weighted by molar-refractivity contribution is 5.46. The van der Waals surface area contributed by atoms with Crippen molar-refractivity contribution in [1.29, 1.82) is 0 Å². The zero-order valence-electron chi connectivity index (χ0n) is 10.6. The molecule has 1 aliphatic carbocycles. The average Bonchev–Trinajstić information content (AvgIpc) is 2.91. The Hall–Kier alpha value is -1.36. The number of ether oxygens (including phenoxy) is 2. The highest BCUT2D eigenvalue weighted by atomic mass is 16.5. The van der Waals surface area contributed by atoms with Crippen molar-refractivity contribution in [3.8, 4) is 5.75 Å². The lowest BCUT2D eigenvalue weighted by atomic mass is 9.71. The minimum atomic E-state index is -0.290. The van der Waals surface area contributed by atoms with E-state index < -0.39 is 0 Å². The summed E-state index contributed by atoms with van der Waals surface area (Å²) in [5.41, 5.74) is 0.894. The van der Waals surface area contributed by atoms with Gasteiger partial charge in [-0.2, -0.15) is 0 Å². The minimum Gasteiger partial charge on any atom is -0.461 e. The lowest BCUT2D eigenvalue weighted by Crippen LogP contribution is -2.52. The van der Waals surface area contributed by atoms with Crippen LogP contribution >= 0.6 is 0 Å². The quantitative estimate of drug-likeness (QED) is 0.741. The van der Waals surface area contributed by atoms with Crippen molar-refractivity contribution < 1.29 is 14.6 Å². The van der Waals surface area contributed by atoms with Crippen molar-refractivity contribution in [3.63, 3.8) is 0 Å². The molecule has 100 valence electrons. The molecule has 3 aliphatic rings. The van der Waals surface area contributed by atoms with Gasteiger partial charge in [0.25, 0.3) is 0 Å². The van der Waals surface area contributed by atoms with Gasteiger partial charge in [0.2, 0.25) is 0 Å². The average molecular weight is 259 g/mol. The number of hydrogen-bond acceptors (Lipinski definition) is 4. The van der Waals surface area contributed by atoms with Gasteiger partial charge in [-0.15, -0.1) is 0 Å². The molecule has 3 atom stereocenters. The number of para-hydroxylation sites is 1. The fraction of sp³-hybridized carbons (Fsp3) is 0.467. The Morgan fingerprint density at radius 3 is 3.05 bits per heavy atom. The summed E-state index contributed by atoms with van der Waals surface area (Å²) in [6.07, 6.45) is 3.12. The first kappa shape index (κ1) is 11.5. The molecule has 4 heteroatoms. The van der Waals surface area contributed by atoms with Crippen LogP contribution in [0.2, 0.25) is 0 Å². The number of benzene rings is 1. The summed E-state index contributed by atoms with van der Waals surface area (Å²) in [6.45, 7) is 1.18. The van der Waals surface area contributed by atoms with Crippen molar-refractivity contribution in [2.24, 2.45) is 5.92 Å². The number of fused-ring (bicyclic) bond motifs is 4. The van der Waals surface area contributed by atoms with E-state index in [0.29, 0.717) is 19.8 Å². The summed E-state index contributed by atoms with van der Waals surface area (Å²) >= 11 is 0. The van der Waals surface area contributed by atoms with Crippen molar-refractivity contribution in [1.82, 2.24) is 5.32 Å². The van der Waals surface area contributed by atoms with Crippen LogP contribution in [0, 0.1) is 5.92 Å². The second-order valence-electron chi connectivity index (χ2n) is 5.52. The molecule has 1 aromatic carbocycles. The van der Waals surface area contributed by atoms with Gasteiger partial charge < -0.3 is 14.6 Å². The Kier molecular flexibility index (Phi) is 2.45. The second kappa shape index (κ2) is 4.07. The Balaban J connectivity index is 1.89. The first-order valence-corrected chi connectivity index (χ1v) is 6.78. The SMILES string of the molecule is O[C@H]1CC=C2Oc3ccccc3C3(COCN3)[C@H]2C1. The predicted molar refractivity (Wildman–Crippen MR) is 69.5 cm³/mol. The Morgan fingerprint density at radius 2 is 2.21 bits per heavy atom. The number of nitrogens with one attached hydrogen (secondary N) is 1. The van der Waals surface area contributed by atoms with Gasteiger partial charge in [-0.25, -0.2) is 0 Å². The van der Waals surface area contributed by atoms with Gasteiger partial charge in [-0.05, 0) is 25.0 Å². The third kappa shape index (κ3) is 1.57. The maximum absolute atomic E-state index is 9.97. The van der Waals surface area contributed by atoms with Gasteiger partial charge >= 0.3 is 0 Å². The van der Waals surface area contributed by atoms with Crippen molar-refractivity contribution in [3.05, 3.63) is 41.7 Å². The summed E-state index contributed by atoms with van der Waals surface area (Å²) < 4.78 is 11.6. The molecule has 1 unspecified atom stereocenters. The highest BCUT2D eigenvalue weighted by Gasteiger charge is 2.51. The molecule has 0 radical (unpaired) electrons. The van der Waals surface area contributed by atoms with Crippen molar-refractivity contribution in [2.45, 2.75) is 24.5 Å². The van der Waals surface area contributed by atoms with Gasteiger partial charge in [0, 0.05) is 11.5 Å². The molecular weight excluding hydrogens is 242 g/mol. The molecule has 4 nitrogen and oxygen atoms in total. The van der Waals surface area contributed by atoms with E-state index in [1.165, 1.54) is 0 Å². The molecule has 1 spiro atoms. The van der Waals surface area contributed by atoms with E-state index in [4.69, 9.17) is 9.47 Å². The maximum Gasteiger partial charge on any atom is 0.132 e. The lowest BCUT2D eigenvalue weighted by molar-refractivity contribution is 0.0690. The number of aliphatic hydroxyl groups is 1. The fourth-order valence-electron chi connectivity index (χ4n) is 3.51. The van der Waals surface area contributed by atoms with E-state index in [1.807, 2.05) is 24.3 Å². The monoisotopic (exact) mass is 259 g/mol. The molecule has 0 bridgehead atoms. The van der Waals surface area contributed by atoms with Crippen LogP contribution in [0.4, 0.5) is 0 Å². The molecule has 2 heterocycles. The summed E-state index contributed by atoms with van der Waals surface area (Å²) in [7, 11) is 0. The second-order valence-corrected chi connectivity index (χ2v) is 5.52. The van der Waals surface area contributed by atoms with Crippen molar-refractivity contribution in [2.75, 3.05) is 13.3 Å². The minimum absolute atomic E-state index is 0.147. The normalized spacial score (nSPS) is 36.4. The largest absolute Gasteiger partial charge is 0.461 e. The molecule has 4 rings (SSSR count). The predicted octanol–water partition coefficient (Wildman–Crippen LogP) is 1.51. The van der Waals surface area contributed by atoms with Crippen LogP contribution in [-0.4, -0.2) is 24.5 Å². The highest BCUT2D eigenvalue weighted by Crippen LogP contribution is 2.49. The first-order chi connectivity index (χ1) is 9.29. The van der Waals surface area contributed by atoms with Crippen molar-refractivity contribution >= 4 is 0 Å². The topological polar surface area (TPSA) is 50.7 Å². The third-order valence-electron chi connectivity index (χ3n) is 4.45. The van der Waals surface area contributed by atoms with Crippen LogP contribution in [0.3, 0.4) is 0 Å². The molecule has 2 N–H and O–H groups in total. The zero-order chi connectivity index (χ0) is 12.9. The molecule has 19 heavy (non-hydrogen) atoms. The summed E-state index contributed by atoms with van der Waals surface area (Å²) in [4.78, 5) is 0. The maximum atomic E-state index is 9.97. The summed E-state index contributed by atoms with van der Waals surface area (Å²) in [5.74, 6) is 2.02. The van der Waals surface area contributed by atoms with E-state index in [9.17, 15) is 5.11 Å². The molecule has 0 aromatic heterocycles. The van der Waals surface area contributed by atoms with Crippen LogP contribution in [0.15, 0.2) is 36.1 Å². The van der Waals surface area contributed by atoms with E-state index in [0.717, 1.165) is 23.5 Å². The standard InChI is InChI=1S/C15H17NO3/c17-10-5-6-14-12(7-10)15(8-18-9-16-15)11-3-1-2-4-13(11)19-14/h1-4,6,10,12,16-17H,5,7-9H2/t10-,12-,15?/m0/s1. The van der Waals surface area contributed by atoms with E-state index in [-0.39, 0.29) is 17.6 Å².